The van der Waals surface area contributed by atoms with E-state index < -0.39 is 5.82 Å². The van der Waals surface area contributed by atoms with Gasteiger partial charge in [-0.1, -0.05) is 29.8 Å². The molecule has 1 aliphatic heterocycles. The van der Waals surface area contributed by atoms with Crippen molar-refractivity contribution in [1.82, 2.24) is 0 Å². The molecule has 100 valence electrons. The van der Waals surface area contributed by atoms with Crippen LogP contribution in [-0.4, -0.2) is 18.2 Å². The number of carbonyl (C=O) groups is 1. The Bertz CT molecular complexity index is 728. The summed E-state index contributed by atoms with van der Waals surface area (Å²) in [5, 5.41) is 3.18. The molecule has 0 atom stereocenters. The van der Waals surface area contributed by atoms with Gasteiger partial charge in [0.2, 0.25) is 5.91 Å². The first-order valence-corrected chi connectivity index (χ1v) is 6.42. The van der Waals surface area contributed by atoms with Crippen LogP contribution in [0.2, 0.25) is 5.02 Å². The van der Waals surface area contributed by atoms with Crippen molar-refractivity contribution in [3.8, 4) is 0 Å². The normalized spacial score (nSPS) is 14.1. The van der Waals surface area contributed by atoms with Crippen molar-refractivity contribution in [3.63, 3.8) is 0 Å². The van der Waals surface area contributed by atoms with Crippen molar-refractivity contribution >= 4 is 28.9 Å². The Kier molecular flexibility index (Phi) is 3.24. The summed E-state index contributed by atoms with van der Waals surface area (Å²) in [7, 11) is 0. The van der Waals surface area contributed by atoms with E-state index in [9.17, 15) is 9.18 Å². The molecular formula is C15H10ClFN2O. The maximum absolute atomic E-state index is 13.3. The Hall–Kier alpha value is -2.20. The molecule has 2 aromatic rings. The molecule has 1 amide bonds. The van der Waals surface area contributed by atoms with Crippen LogP contribution in [0.3, 0.4) is 0 Å². The van der Waals surface area contributed by atoms with E-state index in [4.69, 9.17) is 11.6 Å². The van der Waals surface area contributed by atoms with Gasteiger partial charge in [-0.3, -0.25) is 9.79 Å². The largest absolute Gasteiger partial charge is 0.324 e. The molecule has 0 spiro atoms. The van der Waals surface area contributed by atoms with Crippen LogP contribution in [0, 0.1) is 5.82 Å². The third-order valence-corrected chi connectivity index (χ3v) is 3.35. The van der Waals surface area contributed by atoms with E-state index in [0.29, 0.717) is 22.0 Å². The number of aliphatic imine (C=N–C) groups is 1. The molecule has 0 unspecified atom stereocenters. The fraction of sp³-hybridized carbons (Fsp3) is 0.0667. The van der Waals surface area contributed by atoms with E-state index in [0.717, 1.165) is 5.56 Å². The molecule has 20 heavy (non-hydrogen) atoms. The van der Waals surface area contributed by atoms with E-state index >= 15 is 0 Å². The number of hydrogen-bond donors (Lipinski definition) is 1. The van der Waals surface area contributed by atoms with E-state index in [1.165, 1.54) is 12.1 Å². The maximum Gasteiger partial charge on any atom is 0.246 e. The fourth-order valence-electron chi connectivity index (χ4n) is 2.14. The van der Waals surface area contributed by atoms with Gasteiger partial charge in [0.25, 0.3) is 0 Å². The van der Waals surface area contributed by atoms with Crippen LogP contribution in [0.4, 0.5) is 10.1 Å². The van der Waals surface area contributed by atoms with Crippen molar-refractivity contribution in [1.29, 1.82) is 0 Å². The summed E-state index contributed by atoms with van der Waals surface area (Å²) >= 11 is 6.18. The minimum absolute atomic E-state index is 0.0170. The average molecular weight is 289 g/mol. The predicted molar refractivity (Wildman–Crippen MR) is 77.0 cm³/mol. The number of amides is 1. The lowest BCUT2D eigenvalue weighted by Crippen LogP contribution is -2.13. The van der Waals surface area contributed by atoms with E-state index in [-0.39, 0.29) is 12.5 Å². The highest BCUT2D eigenvalue weighted by Crippen LogP contribution is 2.26. The molecule has 2 aromatic carbocycles. The second-order valence-corrected chi connectivity index (χ2v) is 4.79. The Morgan fingerprint density at radius 1 is 1.15 bits per heavy atom. The van der Waals surface area contributed by atoms with Gasteiger partial charge in [0.1, 0.15) is 12.4 Å². The molecule has 0 radical (unpaired) electrons. The van der Waals surface area contributed by atoms with Gasteiger partial charge in [0.15, 0.2) is 0 Å². The van der Waals surface area contributed by atoms with Crippen molar-refractivity contribution in [2.75, 3.05) is 11.9 Å². The van der Waals surface area contributed by atoms with Crippen LogP contribution >= 0.6 is 11.6 Å². The summed E-state index contributed by atoms with van der Waals surface area (Å²) in [6.07, 6.45) is 0. The Morgan fingerprint density at radius 2 is 1.95 bits per heavy atom. The zero-order valence-corrected chi connectivity index (χ0v) is 11.1. The molecule has 3 rings (SSSR count). The van der Waals surface area contributed by atoms with Gasteiger partial charge in [-0.2, -0.15) is 0 Å². The minimum atomic E-state index is -0.413. The molecule has 1 aliphatic rings. The van der Waals surface area contributed by atoms with E-state index in [1.54, 1.807) is 12.1 Å². The number of benzene rings is 2. The van der Waals surface area contributed by atoms with Crippen molar-refractivity contribution < 1.29 is 9.18 Å². The number of halogens is 2. The first-order valence-electron chi connectivity index (χ1n) is 6.04. The number of rotatable bonds is 1. The Morgan fingerprint density at radius 3 is 2.75 bits per heavy atom. The fourth-order valence-corrected chi connectivity index (χ4v) is 2.36. The molecule has 0 saturated heterocycles. The number of fused-ring (bicyclic) bond motifs is 1. The quantitative estimate of drug-likeness (QED) is 0.860. The number of benzodiazepines with no additional fused rings is 1. The smallest absolute Gasteiger partial charge is 0.246 e. The van der Waals surface area contributed by atoms with Crippen LogP contribution in [-0.2, 0) is 4.79 Å². The summed E-state index contributed by atoms with van der Waals surface area (Å²) in [6, 6.07) is 11.4. The predicted octanol–water partition coefficient (Wildman–Crippen LogP) is 3.27. The Labute approximate surface area is 120 Å². The van der Waals surface area contributed by atoms with Crippen molar-refractivity contribution in [2.45, 2.75) is 0 Å². The molecule has 1 heterocycles. The van der Waals surface area contributed by atoms with Crippen LogP contribution in [0.1, 0.15) is 11.1 Å². The van der Waals surface area contributed by atoms with Crippen LogP contribution in [0.5, 0.6) is 0 Å². The number of anilines is 1. The topological polar surface area (TPSA) is 41.5 Å². The zero-order chi connectivity index (χ0) is 14.1. The lowest BCUT2D eigenvalue weighted by atomic mass is 10.0. The third-order valence-electron chi connectivity index (χ3n) is 3.02. The van der Waals surface area contributed by atoms with Gasteiger partial charge in [-0.05, 0) is 24.3 Å². The van der Waals surface area contributed by atoms with Gasteiger partial charge in [-0.15, -0.1) is 0 Å². The second-order valence-electron chi connectivity index (χ2n) is 4.38. The summed E-state index contributed by atoms with van der Waals surface area (Å²) in [5.41, 5.74) is 2.37. The molecule has 1 N–H and O–H groups in total. The Balaban J connectivity index is 2.21. The van der Waals surface area contributed by atoms with Crippen LogP contribution < -0.4 is 5.32 Å². The molecular weight excluding hydrogens is 279 g/mol. The lowest BCUT2D eigenvalue weighted by molar-refractivity contribution is -0.114. The van der Waals surface area contributed by atoms with Gasteiger partial charge in [-0.25, -0.2) is 4.39 Å². The molecule has 0 aromatic heterocycles. The highest BCUT2D eigenvalue weighted by atomic mass is 35.5. The number of carbonyl (C=O) groups excluding carboxylic acids is 1. The molecule has 0 bridgehead atoms. The first-order chi connectivity index (χ1) is 9.65. The first kappa shape index (κ1) is 12.8. The lowest BCUT2D eigenvalue weighted by Gasteiger charge is -2.11. The highest BCUT2D eigenvalue weighted by molar-refractivity contribution is 6.36. The highest BCUT2D eigenvalue weighted by Gasteiger charge is 2.19. The van der Waals surface area contributed by atoms with Crippen molar-refractivity contribution in [2.24, 2.45) is 4.99 Å². The molecule has 3 nitrogen and oxygen atoms in total. The maximum atomic E-state index is 13.3. The van der Waals surface area contributed by atoms with Crippen molar-refractivity contribution in [3.05, 3.63) is 64.4 Å². The monoisotopic (exact) mass is 288 g/mol. The summed E-state index contributed by atoms with van der Waals surface area (Å²) in [6.45, 7) is -0.0170. The van der Waals surface area contributed by atoms with Gasteiger partial charge < -0.3 is 5.32 Å². The van der Waals surface area contributed by atoms with Gasteiger partial charge in [0.05, 0.1) is 11.4 Å². The van der Waals surface area contributed by atoms with Crippen LogP contribution in [0.25, 0.3) is 0 Å². The number of nitrogens with one attached hydrogen (secondary N) is 1. The second kappa shape index (κ2) is 5.06. The molecule has 0 fully saturated rings. The number of nitrogens with zero attached hydrogens (tertiary/aromatic N) is 1. The van der Waals surface area contributed by atoms with Gasteiger partial charge >= 0.3 is 0 Å². The van der Waals surface area contributed by atoms with E-state index in [1.807, 2.05) is 18.2 Å². The zero-order valence-electron chi connectivity index (χ0n) is 10.4. The molecule has 5 heteroatoms. The summed E-state index contributed by atoms with van der Waals surface area (Å²) < 4.78 is 13.3. The van der Waals surface area contributed by atoms with Crippen LogP contribution in [0.15, 0.2) is 47.5 Å². The third kappa shape index (κ3) is 2.30. The van der Waals surface area contributed by atoms with E-state index in [2.05, 4.69) is 10.3 Å². The SMILES string of the molecule is O=C1CN=C(c2ccccc2Cl)c2ccc(F)cc2N1. The molecule has 0 aliphatic carbocycles. The standard InChI is InChI=1S/C15H10ClFN2O/c16-12-4-2-1-3-10(12)15-11-6-5-9(17)7-13(11)19-14(20)8-18-15/h1-7H,8H2,(H,19,20). The summed E-state index contributed by atoms with van der Waals surface area (Å²) in [4.78, 5) is 15.9. The minimum Gasteiger partial charge on any atom is -0.324 e. The molecule has 0 saturated carbocycles. The van der Waals surface area contributed by atoms with Gasteiger partial charge in [0, 0.05) is 16.1 Å². The summed E-state index contributed by atoms with van der Waals surface area (Å²) in [5.74, 6) is -0.691. The average Bonchev–Trinajstić information content (AvgIpc) is 2.57. The number of hydrogen-bond acceptors (Lipinski definition) is 2.